The van der Waals surface area contributed by atoms with Crippen LogP contribution < -0.4 is 5.32 Å². The molecular weight excluding hydrogens is 305 g/mol. The highest BCUT2D eigenvalue weighted by Crippen LogP contribution is 2.27. The van der Waals surface area contributed by atoms with Crippen molar-refractivity contribution in [2.75, 3.05) is 11.9 Å². The number of hydrogen-bond donors (Lipinski definition) is 1. The van der Waals surface area contributed by atoms with Crippen molar-refractivity contribution in [3.8, 4) is 0 Å². The molecule has 0 spiro atoms. The molecule has 1 aliphatic rings. The van der Waals surface area contributed by atoms with Gasteiger partial charge in [0, 0.05) is 9.50 Å². The van der Waals surface area contributed by atoms with E-state index in [1.165, 1.54) is 0 Å². The Balaban J connectivity index is 2.05. The molecule has 92 valence electrons. The number of benzene rings is 1. The van der Waals surface area contributed by atoms with Crippen LogP contribution in [0.1, 0.15) is 13.3 Å². The molecule has 1 aliphatic heterocycles. The Morgan fingerprint density at radius 3 is 3.00 bits per heavy atom. The molecular formula is C12H13BrClNO2. The van der Waals surface area contributed by atoms with Gasteiger partial charge in [-0.25, -0.2) is 0 Å². The number of halogens is 2. The minimum absolute atomic E-state index is 0.0164. The fourth-order valence-corrected chi connectivity index (χ4v) is 2.35. The van der Waals surface area contributed by atoms with Crippen LogP contribution in [0, 0.1) is 5.92 Å². The van der Waals surface area contributed by atoms with Gasteiger partial charge in [-0.05, 0) is 47.5 Å². The summed E-state index contributed by atoms with van der Waals surface area (Å²) in [5.41, 5.74) is 0.696. The largest absolute Gasteiger partial charge is 0.378 e. The Kier molecular flexibility index (Phi) is 4.07. The second kappa shape index (κ2) is 5.38. The van der Waals surface area contributed by atoms with Gasteiger partial charge in [-0.1, -0.05) is 11.6 Å². The summed E-state index contributed by atoms with van der Waals surface area (Å²) >= 11 is 9.26. The molecule has 1 fully saturated rings. The van der Waals surface area contributed by atoms with Crippen LogP contribution in [0.4, 0.5) is 5.69 Å². The molecule has 0 aliphatic carbocycles. The highest BCUT2D eigenvalue weighted by molar-refractivity contribution is 9.10. The Morgan fingerprint density at radius 1 is 1.59 bits per heavy atom. The molecule has 1 aromatic rings. The zero-order valence-corrected chi connectivity index (χ0v) is 11.7. The maximum absolute atomic E-state index is 12.0. The van der Waals surface area contributed by atoms with Crippen LogP contribution in [0.3, 0.4) is 0 Å². The fourth-order valence-electron chi connectivity index (χ4n) is 1.83. The van der Waals surface area contributed by atoms with Crippen molar-refractivity contribution in [3.63, 3.8) is 0 Å². The Hall–Kier alpha value is -0.580. The lowest BCUT2D eigenvalue weighted by atomic mass is 10.1. The van der Waals surface area contributed by atoms with E-state index in [-0.39, 0.29) is 17.9 Å². The zero-order valence-electron chi connectivity index (χ0n) is 9.37. The molecule has 2 atom stereocenters. The Bertz CT molecular complexity index is 439. The minimum atomic E-state index is -0.0733. The maximum Gasteiger partial charge on any atom is 0.229 e. The molecule has 0 bridgehead atoms. The molecule has 1 amide bonds. The van der Waals surface area contributed by atoms with Crippen LogP contribution in [-0.2, 0) is 9.53 Å². The molecule has 1 heterocycles. The molecule has 2 rings (SSSR count). The lowest BCUT2D eigenvalue weighted by molar-refractivity contribution is -0.119. The molecule has 3 nitrogen and oxygen atoms in total. The summed E-state index contributed by atoms with van der Waals surface area (Å²) in [6.07, 6.45) is 0.929. The predicted octanol–water partition coefficient (Wildman–Crippen LogP) is 3.47. The SMILES string of the molecule is CC1CC(C(=O)Nc2cc(Cl)ccc2Br)CO1. The first-order valence-corrected chi connectivity index (χ1v) is 6.61. The zero-order chi connectivity index (χ0) is 12.4. The molecule has 0 saturated carbocycles. The number of nitrogens with one attached hydrogen (secondary N) is 1. The first-order chi connectivity index (χ1) is 8.06. The molecule has 2 unspecified atom stereocenters. The highest BCUT2D eigenvalue weighted by atomic mass is 79.9. The van der Waals surface area contributed by atoms with E-state index in [1.54, 1.807) is 12.1 Å². The van der Waals surface area contributed by atoms with Crippen molar-refractivity contribution in [2.45, 2.75) is 19.4 Å². The third kappa shape index (κ3) is 3.21. The van der Waals surface area contributed by atoms with Gasteiger partial charge < -0.3 is 10.1 Å². The van der Waals surface area contributed by atoms with E-state index in [0.717, 1.165) is 10.9 Å². The lowest BCUT2D eigenvalue weighted by Crippen LogP contribution is -2.23. The van der Waals surface area contributed by atoms with E-state index < -0.39 is 0 Å². The second-order valence-corrected chi connectivity index (χ2v) is 5.48. The normalized spacial score (nSPS) is 23.7. The average molecular weight is 319 g/mol. The summed E-state index contributed by atoms with van der Waals surface area (Å²) in [7, 11) is 0. The Labute approximate surface area is 114 Å². The fraction of sp³-hybridized carbons (Fsp3) is 0.417. The topological polar surface area (TPSA) is 38.3 Å². The van der Waals surface area contributed by atoms with Crippen molar-refractivity contribution >= 4 is 39.1 Å². The van der Waals surface area contributed by atoms with E-state index in [0.29, 0.717) is 17.3 Å². The van der Waals surface area contributed by atoms with Crippen molar-refractivity contribution in [1.29, 1.82) is 0 Å². The lowest BCUT2D eigenvalue weighted by Gasteiger charge is -2.11. The van der Waals surface area contributed by atoms with Gasteiger partial charge in [-0.2, -0.15) is 0 Å². The quantitative estimate of drug-likeness (QED) is 0.907. The monoisotopic (exact) mass is 317 g/mol. The van der Waals surface area contributed by atoms with Gasteiger partial charge in [0.1, 0.15) is 0 Å². The first kappa shape index (κ1) is 12.9. The van der Waals surface area contributed by atoms with Crippen LogP contribution >= 0.6 is 27.5 Å². The third-order valence-electron chi connectivity index (χ3n) is 2.76. The molecule has 1 saturated heterocycles. The summed E-state index contributed by atoms with van der Waals surface area (Å²) in [5.74, 6) is -0.0896. The third-order valence-corrected chi connectivity index (χ3v) is 3.68. The number of ether oxygens (including phenoxy) is 1. The van der Waals surface area contributed by atoms with Crippen LogP contribution in [0.25, 0.3) is 0 Å². The second-order valence-electron chi connectivity index (χ2n) is 4.19. The van der Waals surface area contributed by atoms with Gasteiger partial charge in [-0.3, -0.25) is 4.79 Å². The van der Waals surface area contributed by atoms with Gasteiger partial charge >= 0.3 is 0 Å². The van der Waals surface area contributed by atoms with Crippen LogP contribution in [0.15, 0.2) is 22.7 Å². The van der Waals surface area contributed by atoms with Crippen LogP contribution in [-0.4, -0.2) is 18.6 Å². The number of carbonyl (C=O) groups excluding carboxylic acids is 1. The van der Waals surface area contributed by atoms with E-state index in [1.807, 2.05) is 13.0 Å². The van der Waals surface area contributed by atoms with Gasteiger partial charge in [-0.15, -0.1) is 0 Å². The van der Waals surface area contributed by atoms with E-state index in [9.17, 15) is 4.79 Å². The average Bonchev–Trinajstić information content (AvgIpc) is 2.70. The summed E-state index contributed by atoms with van der Waals surface area (Å²) in [6, 6.07) is 5.30. The molecule has 17 heavy (non-hydrogen) atoms. The molecule has 0 radical (unpaired) electrons. The first-order valence-electron chi connectivity index (χ1n) is 5.44. The van der Waals surface area contributed by atoms with Crippen molar-refractivity contribution in [1.82, 2.24) is 0 Å². The van der Waals surface area contributed by atoms with Gasteiger partial charge in [0.2, 0.25) is 5.91 Å². The van der Waals surface area contributed by atoms with Gasteiger partial charge in [0.05, 0.1) is 24.3 Å². The van der Waals surface area contributed by atoms with Crippen LogP contribution in [0.5, 0.6) is 0 Å². The van der Waals surface area contributed by atoms with Gasteiger partial charge in [0.25, 0.3) is 0 Å². The maximum atomic E-state index is 12.0. The summed E-state index contributed by atoms with van der Waals surface area (Å²) in [5, 5.41) is 3.46. The van der Waals surface area contributed by atoms with Gasteiger partial charge in [0.15, 0.2) is 0 Å². The smallest absolute Gasteiger partial charge is 0.229 e. The van der Waals surface area contributed by atoms with Crippen LogP contribution in [0.2, 0.25) is 5.02 Å². The summed E-state index contributed by atoms with van der Waals surface area (Å²) in [6.45, 7) is 2.47. The van der Waals surface area contributed by atoms with Crippen molar-refractivity contribution < 1.29 is 9.53 Å². The highest BCUT2D eigenvalue weighted by Gasteiger charge is 2.28. The van der Waals surface area contributed by atoms with E-state index >= 15 is 0 Å². The number of amides is 1. The molecule has 0 aromatic heterocycles. The van der Waals surface area contributed by atoms with E-state index in [4.69, 9.17) is 16.3 Å². The minimum Gasteiger partial charge on any atom is -0.378 e. The number of anilines is 1. The summed E-state index contributed by atoms with van der Waals surface area (Å²) in [4.78, 5) is 12.0. The molecule has 5 heteroatoms. The van der Waals surface area contributed by atoms with E-state index in [2.05, 4.69) is 21.2 Å². The summed E-state index contributed by atoms with van der Waals surface area (Å²) < 4.78 is 6.20. The van der Waals surface area contributed by atoms with Crippen molar-refractivity contribution in [2.24, 2.45) is 5.92 Å². The van der Waals surface area contributed by atoms with Crippen molar-refractivity contribution in [3.05, 3.63) is 27.7 Å². The standard InChI is InChI=1S/C12H13BrClNO2/c1-7-4-8(6-17-7)12(16)15-11-5-9(14)2-3-10(11)13/h2-3,5,7-8H,4,6H2,1H3,(H,15,16). The Morgan fingerprint density at radius 2 is 2.35 bits per heavy atom. The molecule has 1 aromatic carbocycles. The number of rotatable bonds is 2. The molecule has 1 N–H and O–H groups in total. The number of hydrogen-bond acceptors (Lipinski definition) is 2. The predicted molar refractivity (Wildman–Crippen MR) is 71.3 cm³/mol. The number of carbonyl (C=O) groups is 1.